The Bertz CT molecular complexity index is 753. The molecule has 0 aromatic heterocycles. The quantitative estimate of drug-likeness (QED) is 0.0355. The van der Waals surface area contributed by atoms with Crippen LogP contribution < -0.4 is 0 Å². The van der Waals surface area contributed by atoms with E-state index >= 15 is 0 Å². The molecule has 0 fully saturated rings. The first-order valence-electron chi connectivity index (χ1n) is 22.5. The fourth-order valence-electron chi connectivity index (χ4n) is 6.68. The molecule has 0 unspecified atom stereocenters. The van der Waals surface area contributed by atoms with Crippen LogP contribution in [0.1, 0.15) is 252 Å². The summed E-state index contributed by atoms with van der Waals surface area (Å²) in [6.07, 6.45) is 41.2. The Morgan fingerprint density at radius 2 is 0.529 bits per heavy atom. The maximum atomic E-state index is 12.6. The maximum Gasteiger partial charge on any atom is 0.306 e. The van der Waals surface area contributed by atoms with Crippen LogP contribution in [0.3, 0.4) is 0 Å². The Morgan fingerprint density at radius 1 is 0.314 bits per heavy atom. The van der Waals surface area contributed by atoms with Crippen molar-refractivity contribution in [3.05, 3.63) is 0 Å². The summed E-state index contributed by atoms with van der Waals surface area (Å²) in [4.78, 5) is 37.4. The number of ether oxygens (including phenoxy) is 3. The number of carbonyl (C=O) groups is 3. The third-order valence-electron chi connectivity index (χ3n) is 10.1. The molecule has 0 aliphatic carbocycles. The average Bonchev–Trinajstić information content (AvgIpc) is 3.12. The predicted octanol–water partition coefficient (Wildman–Crippen LogP) is 14.1. The molecule has 302 valence electrons. The summed E-state index contributed by atoms with van der Waals surface area (Å²) < 4.78 is 16.6. The molecular weight excluding hydrogens is 636 g/mol. The molecule has 0 heterocycles. The molecule has 0 aliphatic rings. The highest BCUT2D eigenvalue weighted by Crippen LogP contribution is 2.16. The van der Waals surface area contributed by atoms with Crippen molar-refractivity contribution in [2.45, 2.75) is 258 Å². The summed E-state index contributed by atoms with van der Waals surface area (Å²) in [6.45, 7) is 6.57. The molecule has 0 saturated carbocycles. The Labute approximate surface area is 317 Å². The van der Waals surface area contributed by atoms with Crippen LogP contribution in [0.25, 0.3) is 0 Å². The molecule has 0 rings (SSSR count). The summed E-state index contributed by atoms with van der Waals surface area (Å²) in [6, 6.07) is 0. The third-order valence-corrected chi connectivity index (χ3v) is 10.1. The molecular formula is C45H86O6. The van der Waals surface area contributed by atoms with Crippen LogP contribution in [0.2, 0.25) is 0 Å². The second kappa shape index (κ2) is 41.2. The van der Waals surface area contributed by atoms with Crippen molar-refractivity contribution >= 4 is 17.9 Å². The van der Waals surface area contributed by atoms with Crippen LogP contribution in [0.5, 0.6) is 0 Å². The van der Waals surface area contributed by atoms with Crippen molar-refractivity contribution in [3.63, 3.8) is 0 Å². The fourth-order valence-corrected chi connectivity index (χ4v) is 6.68. The minimum Gasteiger partial charge on any atom is -0.462 e. The molecule has 0 aromatic rings. The van der Waals surface area contributed by atoms with Gasteiger partial charge in [0, 0.05) is 19.3 Å². The van der Waals surface area contributed by atoms with E-state index in [4.69, 9.17) is 14.2 Å². The smallest absolute Gasteiger partial charge is 0.306 e. The van der Waals surface area contributed by atoms with Gasteiger partial charge in [0.1, 0.15) is 13.2 Å². The molecule has 51 heavy (non-hydrogen) atoms. The zero-order chi connectivity index (χ0) is 37.3. The van der Waals surface area contributed by atoms with Gasteiger partial charge in [-0.2, -0.15) is 0 Å². The SMILES string of the molecule is CCCCCCCCCCCCCCCCCCCCCC(=O)OC[C@@H](COC(=O)CCCCCCCCC)OC(=O)CCCCCCCCC. The summed E-state index contributed by atoms with van der Waals surface area (Å²) >= 11 is 0. The molecule has 0 N–H and O–H groups in total. The second-order valence-electron chi connectivity index (χ2n) is 15.3. The number of hydrogen-bond acceptors (Lipinski definition) is 6. The lowest BCUT2D eigenvalue weighted by Gasteiger charge is -2.18. The maximum absolute atomic E-state index is 12.6. The highest BCUT2D eigenvalue weighted by atomic mass is 16.6. The van der Waals surface area contributed by atoms with Gasteiger partial charge in [-0.05, 0) is 19.3 Å². The highest BCUT2D eigenvalue weighted by molar-refractivity contribution is 5.71. The van der Waals surface area contributed by atoms with E-state index in [1.54, 1.807) is 0 Å². The molecule has 6 heteroatoms. The van der Waals surface area contributed by atoms with Gasteiger partial charge in [0.25, 0.3) is 0 Å². The van der Waals surface area contributed by atoms with Crippen LogP contribution in [0.4, 0.5) is 0 Å². The standard InChI is InChI=1S/C45H86O6/c1-4-7-10-13-16-17-18-19-20-21-22-23-24-25-26-27-30-32-35-38-44(47)50-41-42(51-45(48)39-36-33-29-15-12-9-6-3)40-49-43(46)37-34-31-28-14-11-8-5-2/h42H,4-41H2,1-3H3/t42-/m1/s1. The first-order chi connectivity index (χ1) is 25.0. The summed E-state index contributed by atoms with van der Waals surface area (Å²) in [7, 11) is 0. The molecule has 1 atom stereocenters. The van der Waals surface area contributed by atoms with Crippen LogP contribution in [0, 0.1) is 0 Å². The number of hydrogen-bond donors (Lipinski definition) is 0. The van der Waals surface area contributed by atoms with Crippen LogP contribution in [0.15, 0.2) is 0 Å². The molecule has 0 bridgehead atoms. The summed E-state index contributed by atoms with van der Waals surface area (Å²) in [5, 5.41) is 0. The lowest BCUT2D eigenvalue weighted by molar-refractivity contribution is -0.167. The van der Waals surface area contributed by atoms with Gasteiger partial charge in [-0.1, -0.05) is 213 Å². The summed E-state index contributed by atoms with van der Waals surface area (Å²) in [5.41, 5.74) is 0. The van der Waals surface area contributed by atoms with Crippen LogP contribution in [-0.2, 0) is 28.6 Å². The van der Waals surface area contributed by atoms with E-state index in [9.17, 15) is 14.4 Å². The van der Waals surface area contributed by atoms with Gasteiger partial charge in [-0.25, -0.2) is 0 Å². The topological polar surface area (TPSA) is 78.9 Å². The summed E-state index contributed by atoms with van der Waals surface area (Å²) in [5.74, 6) is -0.867. The first kappa shape index (κ1) is 49.4. The van der Waals surface area contributed by atoms with E-state index in [2.05, 4.69) is 20.8 Å². The molecule has 0 spiro atoms. The molecule has 6 nitrogen and oxygen atoms in total. The fraction of sp³-hybridized carbons (Fsp3) is 0.933. The number of rotatable bonds is 41. The van der Waals surface area contributed by atoms with Gasteiger partial charge >= 0.3 is 17.9 Å². The van der Waals surface area contributed by atoms with Crippen molar-refractivity contribution in [2.75, 3.05) is 13.2 Å². The zero-order valence-corrected chi connectivity index (χ0v) is 34.4. The number of carbonyl (C=O) groups excluding carboxylic acids is 3. The van der Waals surface area contributed by atoms with Crippen LogP contribution >= 0.6 is 0 Å². The van der Waals surface area contributed by atoms with Crippen molar-refractivity contribution in [1.82, 2.24) is 0 Å². The Morgan fingerprint density at radius 3 is 0.784 bits per heavy atom. The Hall–Kier alpha value is -1.59. The minimum atomic E-state index is -0.755. The molecule has 0 radical (unpaired) electrons. The Balaban J connectivity index is 4.08. The Kier molecular flexibility index (Phi) is 39.9. The van der Waals surface area contributed by atoms with Gasteiger partial charge < -0.3 is 14.2 Å². The van der Waals surface area contributed by atoms with Crippen LogP contribution in [-0.4, -0.2) is 37.2 Å². The largest absolute Gasteiger partial charge is 0.462 e. The van der Waals surface area contributed by atoms with E-state index < -0.39 is 6.10 Å². The van der Waals surface area contributed by atoms with E-state index in [0.717, 1.165) is 57.8 Å². The van der Waals surface area contributed by atoms with Gasteiger partial charge in [0.2, 0.25) is 0 Å². The lowest BCUT2D eigenvalue weighted by Crippen LogP contribution is -2.30. The van der Waals surface area contributed by atoms with Gasteiger partial charge in [-0.15, -0.1) is 0 Å². The van der Waals surface area contributed by atoms with E-state index in [1.165, 1.54) is 154 Å². The van der Waals surface area contributed by atoms with Gasteiger partial charge in [0.05, 0.1) is 0 Å². The van der Waals surface area contributed by atoms with Crippen molar-refractivity contribution in [2.24, 2.45) is 0 Å². The third kappa shape index (κ3) is 39.5. The number of esters is 3. The van der Waals surface area contributed by atoms with Crippen molar-refractivity contribution in [3.8, 4) is 0 Å². The van der Waals surface area contributed by atoms with E-state index in [1.807, 2.05) is 0 Å². The minimum absolute atomic E-state index is 0.0641. The predicted molar refractivity (Wildman–Crippen MR) is 215 cm³/mol. The molecule has 0 saturated heterocycles. The normalized spacial score (nSPS) is 11.8. The molecule has 0 aliphatic heterocycles. The lowest BCUT2D eigenvalue weighted by atomic mass is 10.0. The van der Waals surface area contributed by atoms with E-state index in [0.29, 0.717) is 19.3 Å². The van der Waals surface area contributed by atoms with Crippen molar-refractivity contribution < 1.29 is 28.6 Å². The van der Waals surface area contributed by atoms with Gasteiger partial charge in [0.15, 0.2) is 6.10 Å². The van der Waals surface area contributed by atoms with Gasteiger partial charge in [-0.3, -0.25) is 14.4 Å². The second-order valence-corrected chi connectivity index (χ2v) is 15.3. The monoisotopic (exact) mass is 723 g/mol. The van der Waals surface area contributed by atoms with Crippen molar-refractivity contribution in [1.29, 1.82) is 0 Å². The number of unbranched alkanes of at least 4 members (excludes halogenated alkanes) is 30. The highest BCUT2D eigenvalue weighted by Gasteiger charge is 2.19. The zero-order valence-electron chi connectivity index (χ0n) is 34.4. The average molecular weight is 723 g/mol. The first-order valence-corrected chi connectivity index (χ1v) is 22.5. The molecule has 0 amide bonds. The molecule has 0 aromatic carbocycles. The van der Waals surface area contributed by atoms with E-state index in [-0.39, 0.29) is 31.1 Å².